The molecule has 1 heterocycles. The van der Waals surface area contributed by atoms with Crippen LogP contribution in [0.2, 0.25) is 0 Å². The Bertz CT molecular complexity index is 419. The smallest absolute Gasteiger partial charge is 0.253 e. The molecule has 0 atom stereocenters. The van der Waals surface area contributed by atoms with E-state index < -0.39 is 0 Å². The number of carbonyl (C=O) groups is 1. The molecule has 17 heavy (non-hydrogen) atoms. The molecule has 2 rings (SSSR count). The zero-order valence-corrected chi connectivity index (χ0v) is 11.7. The van der Waals surface area contributed by atoms with Crippen molar-refractivity contribution in [2.45, 2.75) is 6.42 Å². The van der Waals surface area contributed by atoms with E-state index in [9.17, 15) is 9.18 Å². The van der Waals surface area contributed by atoms with E-state index in [1.165, 1.54) is 6.07 Å². The van der Waals surface area contributed by atoms with Gasteiger partial charge in [-0.2, -0.15) is 11.8 Å². The summed E-state index contributed by atoms with van der Waals surface area (Å²) in [6.45, 7) is 1.52. The Balaban J connectivity index is 2.14. The Morgan fingerprint density at radius 1 is 1.35 bits per heavy atom. The highest BCUT2D eigenvalue weighted by Crippen LogP contribution is 2.18. The predicted molar refractivity (Wildman–Crippen MR) is 71.9 cm³/mol. The average molecular weight is 318 g/mol. The molecule has 1 saturated heterocycles. The number of hydrogen-bond acceptors (Lipinski definition) is 2. The second-order valence-corrected chi connectivity index (χ2v) is 5.97. The van der Waals surface area contributed by atoms with E-state index in [1.807, 2.05) is 16.7 Å². The molecule has 5 heteroatoms. The molecule has 0 radical (unpaired) electrons. The topological polar surface area (TPSA) is 20.3 Å². The van der Waals surface area contributed by atoms with E-state index in [2.05, 4.69) is 15.9 Å². The number of thioether (sulfide) groups is 1. The van der Waals surface area contributed by atoms with E-state index in [0.717, 1.165) is 31.0 Å². The summed E-state index contributed by atoms with van der Waals surface area (Å²) in [6, 6.07) is 4.53. The van der Waals surface area contributed by atoms with Crippen LogP contribution >= 0.6 is 27.7 Å². The summed E-state index contributed by atoms with van der Waals surface area (Å²) in [5.74, 6) is 1.60. The average Bonchev–Trinajstić information content (AvgIpc) is 2.60. The molecule has 1 fully saturated rings. The Kier molecular flexibility index (Phi) is 4.45. The van der Waals surface area contributed by atoms with Crippen molar-refractivity contribution >= 4 is 33.6 Å². The molecule has 0 saturated carbocycles. The molecule has 1 aromatic rings. The maximum atomic E-state index is 13.4. The summed E-state index contributed by atoms with van der Waals surface area (Å²) in [6.07, 6.45) is 1.01. The number of benzene rings is 1. The number of rotatable bonds is 1. The van der Waals surface area contributed by atoms with Gasteiger partial charge in [0.15, 0.2) is 0 Å². The van der Waals surface area contributed by atoms with Crippen LogP contribution in [-0.2, 0) is 0 Å². The van der Waals surface area contributed by atoms with Gasteiger partial charge in [0.25, 0.3) is 5.91 Å². The summed E-state index contributed by atoms with van der Waals surface area (Å²) >= 11 is 4.95. The van der Waals surface area contributed by atoms with Crippen molar-refractivity contribution < 1.29 is 9.18 Å². The van der Waals surface area contributed by atoms with Crippen LogP contribution in [0, 0.1) is 5.82 Å². The molecule has 0 aliphatic carbocycles. The highest BCUT2D eigenvalue weighted by molar-refractivity contribution is 9.10. The molecule has 0 aromatic heterocycles. The van der Waals surface area contributed by atoms with Crippen molar-refractivity contribution in [3.05, 3.63) is 34.1 Å². The normalized spacial score (nSPS) is 16.7. The maximum Gasteiger partial charge on any atom is 0.253 e. The summed E-state index contributed by atoms with van der Waals surface area (Å²) in [5.41, 5.74) is 0.428. The van der Waals surface area contributed by atoms with Crippen LogP contribution in [-0.4, -0.2) is 35.4 Å². The monoisotopic (exact) mass is 317 g/mol. The molecule has 0 N–H and O–H groups in total. The van der Waals surface area contributed by atoms with Gasteiger partial charge in [-0.1, -0.05) is 0 Å². The predicted octanol–water partition coefficient (Wildman–Crippen LogP) is 3.17. The van der Waals surface area contributed by atoms with Gasteiger partial charge in [-0.05, 0) is 46.3 Å². The summed E-state index contributed by atoms with van der Waals surface area (Å²) < 4.78 is 13.8. The second-order valence-electron chi connectivity index (χ2n) is 3.89. The number of amides is 1. The van der Waals surface area contributed by atoms with Crippen LogP contribution in [0.3, 0.4) is 0 Å². The van der Waals surface area contributed by atoms with Crippen molar-refractivity contribution in [3.8, 4) is 0 Å². The fraction of sp³-hybridized carbons (Fsp3) is 0.417. The standard InChI is InChI=1S/C12H13BrFNOS/c13-10-3-2-9(8-11(10)14)12(16)15-4-1-6-17-7-5-15/h2-3,8H,1,4-7H2. The van der Waals surface area contributed by atoms with Crippen molar-refractivity contribution in [2.75, 3.05) is 24.6 Å². The summed E-state index contributed by atoms with van der Waals surface area (Å²) in [5, 5.41) is 0. The highest BCUT2D eigenvalue weighted by Gasteiger charge is 2.18. The van der Waals surface area contributed by atoms with Crippen LogP contribution in [0.15, 0.2) is 22.7 Å². The van der Waals surface area contributed by atoms with Crippen LogP contribution in [0.25, 0.3) is 0 Å². The third kappa shape index (κ3) is 3.22. The van der Waals surface area contributed by atoms with Gasteiger partial charge in [-0.3, -0.25) is 4.79 Å². The number of nitrogens with zero attached hydrogens (tertiary/aromatic N) is 1. The molecule has 2 nitrogen and oxygen atoms in total. The quantitative estimate of drug-likeness (QED) is 0.793. The largest absolute Gasteiger partial charge is 0.338 e. The molecular weight excluding hydrogens is 305 g/mol. The zero-order chi connectivity index (χ0) is 12.3. The minimum Gasteiger partial charge on any atom is -0.338 e. The molecule has 1 aliphatic heterocycles. The van der Waals surface area contributed by atoms with Crippen molar-refractivity contribution in [1.29, 1.82) is 0 Å². The van der Waals surface area contributed by atoms with E-state index in [1.54, 1.807) is 12.1 Å². The first-order chi connectivity index (χ1) is 8.18. The van der Waals surface area contributed by atoms with Crippen molar-refractivity contribution in [3.63, 3.8) is 0 Å². The Labute approximate surface area is 113 Å². The molecular formula is C12H13BrFNOS. The molecule has 0 bridgehead atoms. The second kappa shape index (κ2) is 5.87. The van der Waals surface area contributed by atoms with Gasteiger partial charge in [0.2, 0.25) is 0 Å². The number of halogens is 2. The fourth-order valence-corrected chi connectivity index (χ4v) is 2.89. The van der Waals surface area contributed by atoms with Gasteiger partial charge in [0.1, 0.15) is 5.82 Å². The first-order valence-electron chi connectivity index (χ1n) is 5.50. The fourth-order valence-electron chi connectivity index (χ4n) is 1.76. The molecule has 92 valence electrons. The molecule has 1 aliphatic rings. The maximum absolute atomic E-state index is 13.4. The first kappa shape index (κ1) is 12.9. The van der Waals surface area contributed by atoms with E-state index >= 15 is 0 Å². The van der Waals surface area contributed by atoms with Crippen LogP contribution in [0.5, 0.6) is 0 Å². The van der Waals surface area contributed by atoms with Gasteiger partial charge in [-0.25, -0.2) is 4.39 Å². The highest BCUT2D eigenvalue weighted by atomic mass is 79.9. The minimum absolute atomic E-state index is 0.0705. The van der Waals surface area contributed by atoms with Gasteiger partial charge in [0.05, 0.1) is 4.47 Å². The van der Waals surface area contributed by atoms with Crippen molar-refractivity contribution in [2.24, 2.45) is 0 Å². The Morgan fingerprint density at radius 3 is 2.94 bits per heavy atom. The lowest BCUT2D eigenvalue weighted by atomic mass is 10.2. The van der Waals surface area contributed by atoms with Gasteiger partial charge in [0, 0.05) is 24.4 Å². The Morgan fingerprint density at radius 2 is 2.18 bits per heavy atom. The lowest BCUT2D eigenvalue weighted by Gasteiger charge is -2.20. The van der Waals surface area contributed by atoms with Gasteiger partial charge in [-0.15, -0.1) is 0 Å². The third-order valence-electron chi connectivity index (χ3n) is 2.68. The van der Waals surface area contributed by atoms with E-state index in [4.69, 9.17) is 0 Å². The van der Waals surface area contributed by atoms with Gasteiger partial charge >= 0.3 is 0 Å². The molecule has 0 spiro atoms. The molecule has 1 amide bonds. The first-order valence-corrected chi connectivity index (χ1v) is 7.45. The van der Waals surface area contributed by atoms with E-state index in [0.29, 0.717) is 10.0 Å². The van der Waals surface area contributed by atoms with Crippen molar-refractivity contribution in [1.82, 2.24) is 4.90 Å². The Hall–Kier alpha value is -0.550. The summed E-state index contributed by atoms with van der Waals surface area (Å²) in [4.78, 5) is 14.0. The van der Waals surface area contributed by atoms with Crippen LogP contribution in [0.1, 0.15) is 16.8 Å². The number of hydrogen-bond donors (Lipinski definition) is 0. The number of carbonyl (C=O) groups excluding carboxylic acids is 1. The van der Waals surface area contributed by atoms with E-state index in [-0.39, 0.29) is 11.7 Å². The zero-order valence-electron chi connectivity index (χ0n) is 9.29. The third-order valence-corrected chi connectivity index (χ3v) is 4.37. The van der Waals surface area contributed by atoms with Crippen LogP contribution in [0.4, 0.5) is 4.39 Å². The molecule has 1 aromatic carbocycles. The SMILES string of the molecule is O=C(c1ccc(Br)c(F)c1)N1CCCSCC1. The van der Waals surface area contributed by atoms with Gasteiger partial charge < -0.3 is 4.90 Å². The minimum atomic E-state index is -0.389. The lowest BCUT2D eigenvalue weighted by molar-refractivity contribution is 0.0768. The molecule has 0 unspecified atom stereocenters. The lowest BCUT2D eigenvalue weighted by Crippen LogP contribution is -2.32. The van der Waals surface area contributed by atoms with Crippen LogP contribution < -0.4 is 0 Å². The summed E-state index contributed by atoms with van der Waals surface area (Å²) in [7, 11) is 0.